The fraction of sp³-hybridized carbons (Fsp3) is 0.500. The lowest BCUT2D eigenvalue weighted by atomic mass is 10.1. The summed E-state index contributed by atoms with van der Waals surface area (Å²) in [6.07, 6.45) is 3.90. The van der Waals surface area contributed by atoms with Crippen LogP contribution in [0.25, 0.3) is 0 Å². The van der Waals surface area contributed by atoms with Gasteiger partial charge in [-0.15, -0.1) is 0 Å². The molecule has 0 fully saturated rings. The highest BCUT2D eigenvalue weighted by Crippen LogP contribution is 2.11. The lowest BCUT2D eigenvalue weighted by molar-refractivity contribution is 0.577. The minimum Gasteiger partial charge on any atom is -0.388 e. The number of rotatable bonds is 9. The maximum atomic E-state index is 12.0. The summed E-state index contributed by atoms with van der Waals surface area (Å²) in [6.45, 7) is 2.46. The van der Waals surface area contributed by atoms with E-state index in [-0.39, 0.29) is 5.84 Å². The third-order valence-corrected chi connectivity index (χ3v) is 4.41. The third-order valence-electron chi connectivity index (χ3n) is 2.94. The maximum Gasteiger partial charge on any atom is 0.240 e. The Balaban J connectivity index is 2.49. The van der Waals surface area contributed by atoms with Crippen molar-refractivity contribution >= 4 is 15.9 Å². The zero-order chi connectivity index (χ0) is 15.0. The van der Waals surface area contributed by atoms with Crippen LogP contribution in [0.15, 0.2) is 29.2 Å². The summed E-state index contributed by atoms with van der Waals surface area (Å²) in [5, 5.41) is 7.08. The summed E-state index contributed by atoms with van der Waals surface area (Å²) >= 11 is 0. The van der Waals surface area contributed by atoms with Crippen molar-refractivity contribution in [1.29, 1.82) is 5.41 Å². The molecule has 0 aromatic heterocycles. The molecule has 1 rings (SSSR count). The third kappa shape index (κ3) is 5.71. The second-order valence-electron chi connectivity index (χ2n) is 4.77. The average molecular weight is 297 g/mol. The quantitative estimate of drug-likeness (QED) is 0.369. The van der Waals surface area contributed by atoms with Gasteiger partial charge in [0.15, 0.2) is 0 Å². The maximum absolute atomic E-state index is 12.0. The Morgan fingerprint density at radius 3 is 2.45 bits per heavy atom. The van der Waals surface area contributed by atoms with E-state index in [1.54, 1.807) is 12.1 Å². The van der Waals surface area contributed by atoms with E-state index in [1.807, 2.05) is 12.1 Å². The van der Waals surface area contributed by atoms with Crippen LogP contribution in [-0.4, -0.2) is 20.8 Å². The number of benzene rings is 1. The van der Waals surface area contributed by atoms with Crippen molar-refractivity contribution in [2.24, 2.45) is 5.73 Å². The molecule has 0 amide bonds. The molecule has 1 aromatic rings. The summed E-state index contributed by atoms with van der Waals surface area (Å²) in [4.78, 5) is 0.295. The van der Waals surface area contributed by atoms with E-state index in [0.29, 0.717) is 30.7 Å². The average Bonchev–Trinajstić information content (AvgIpc) is 2.39. The van der Waals surface area contributed by atoms with E-state index in [0.717, 1.165) is 18.4 Å². The Labute approximate surface area is 121 Å². The van der Waals surface area contributed by atoms with Crippen LogP contribution in [0.5, 0.6) is 0 Å². The van der Waals surface area contributed by atoms with Crippen LogP contribution in [-0.2, 0) is 16.4 Å². The summed E-state index contributed by atoms with van der Waals surface area (Å²) < 4.78 is 26.6. The van der Waals surface area contributed by atoms with Crippen molar-refractivity contribution in [2.45, 2.75) is 43.9 Å². The molecule has 0 saturated heterocycles. The van der Waals surface area contributed by atoms with Crippen molar-refractivity contribution in [3.63, 3.8) is 0 Å². The van der Waals surface area contributed by atoms with Crippen LogP contribution >= 0.6 is 0 Å². The van der Waals surface area contributed by atoms with Crippen molar-refractivity contribution in [3.8, 4) is 0 Å². The van der Waals surface area contributed by atoms with Gasteiger partial charge in [-0.05, 0) is 37.0 Å². The molecule has 0 aliphatic rings. The van der Waals surface area contributed by atoms with Gasteiger partial charge in [-0.3, -0.25) is 5.41 Å². The van der Waals surface area contributed by atoms with Gasteiger partial charge in [0.05, 0.1) is 10.7 Å². The van der Waals surface area contributed by atoms with Gasteiger partial charge in [-0.2, -0.15) is 0 Å². The number of unbranched alkanes of at least 4 members (excludes halogenated alkanes) is 1. The van der Waals surface area contributed by atoms with E-state index in [4.69, 9.17) is 11.1 Å². The molecule has 20 heavy (non-hydrogen) atoms. The monoisotopic (exact) mass is 297 g/mol. The van der Waals surface area contributed by atoms with Gasteiger partial charge in [0.2, 0.25) is 10.0 Å². The molecule has 1 aromatic carbocycles. The van der Waals surface area contributed by atoms with Crippen LogP contribution in [0.2, 0.25) is 0 Å². The molecule has 0 unspecified atom stereocenters. The normalized spacial score (nSPS) is 11.4. The van der Waals surface area contributed by atoms with Crippen molar-refractivity contribution in [2.75, 3.05) is 6.54 Å². The Morgan fingerprint density at radius 1 is 1.25 bits per heavy atom. The first-order chi connectivity index (χ1) is 9.45. The molecule has 0 heterocycles. The fourth-order valence-corrected chi connectivity index (χ4v) is 2.93. The van der Waals surface area contributed by atoms with Crippen molar-refractivity contribution in [1.82, 2.24) is 4.72 Å². The largest absolute Gasteiger partial charge is 0.388 e. The lowest BCUT2D eigenvalue weighted by Gasteiger charge is -2.07. The number of hydrogen-bond acceptors (Lipinski definition) is 3. The summed E-state index contributed by atoms with van der Waals surface area (Å²) in [6, 6.07) is 6.99. The SMILES string of the molecule is CCCc1ccc(S(=O)(=O)NCCCCC(=N)N)cc1. The van der Waals surface area contributed by atoms with Crippen LogP contribution in [0, 0.1) is 5.41 Å². The first-order valence-corrected chi connectivity index (χ1v) is 8.35. The van der Waals surface area contributed by atoms with E-state index in [1.165, 1.54) is 0 Å². The molecule has 0 saturated carbocycles. The molecule has 4 N–H and O–H groups in total. The molecule has 0 atom stereocenters. The Morgan fingerprint density at radius 2 is 1.90 bits per heavy atom. The van der Waals surface area contributed by atoms with Gasteiger partial charge >= 0.3 is 0 Å². The standard InChI is InChI=1S/C14H23N3O2S/c1-2-5-12-7-9-13(10-8-12)20(18,19)17-11-4-3-6-14(15)16/h7-10,17H,2-6,11H2,1H3,(H3,15,16). The van der Waals surface area contributed by atoms with Crippen LogP contribution in [0.3, 0.4) is 0 Å². The van der Waals surface area contributed by atoms with E-state index < -0.39 is 10.0 Å². The highest BCUT2D eigenvalue weighted by atomic mass is 32.2. The first-order valence-electron chi connectivity index (χ1n) is 6.87. The Bertz CT molecular complexity index is 524. The number of sulfonamides is 1. The van der Waals surface area contributed by atoms with Crippen LogP contribution < -0.4 is 10.5 Å². The Kier molecular flexibility index (Phi) is 6.67. The minimum absolute atomic E-state index is 0.138. The Hall–Kier alpha value is -1.40. The molecule has 0 aliphatic heterocycles. The topological polar surface area (TPSA) is 96.0 Å². The predicted octanol–water partition coefficient (Wildman–Crippen LogP) is 2.02. The molecule has 6 heteroatoms. The molecular formula is C14H23N3O2S. The van der Waals surface area contributed by atoms with Gasteiger partial charge in [0.25, 0.3) is 0 Å². The summed E-state index contributed by atoms with van der Waals surface area (Å²) in [5.74, 6) is 0.138. The number of amidine groups is 1. The zero-order valence-electron chi connectivity index (χ0n) is 11.9. The van der Waals surface area contributed by atoms with Crippen LogP contribution in [0.1, 0.15) is 38.2 Å². The zero-order valence-corrected chi connectivity index (χ0v) is 12.7. The minimum atomic E-state index is -3.43. The highest BCUT2D eigenvalue weighted by molar-refractivity contribution is 7.89. The molecular weight excluding hydrogens is 274 g/mol. The predicted molar refractivity (Wildman–Crippen MR) is 81.4 cm³/mol. The molecule has 0 radical (unpaired) electrons. The molecule has 5 nitrogen and oxygen atoms in total. The summed E-state index contributed by atoms with van der Waals surface area (Å²) in [7, 11) is -3.43. The second-order valence-corrected chi connectivity index (χ2v) is 6.54. The van der Waals surface area contributed by atoms with Crippen molar-refractivity contribution in [3.05, 3.63) is 29.8 Å². The van der Waals surface area contributed by atoms with Gasteiger partial charge in [-0.25, -0.2) is 13.1 Å². The molecule has 112 valence electrons. The van der Waals surface area contributed by atoms with E-state index >= 15 is 0 Å². The van der Waals surface area contributed by atoms with Gasteiger partial charge < -0.3 is 5.73 Å². The smallest absolute Gasteiger partial charge is 0.240 e. The highest BCUT2D eigenvalue weighted by Gasteiger charge is 2.12. The van der Waals surface area contributed by atoms with Crippen molar-refractivity contribution < 1.29 is 8.42 Å². The van der Waals surface area contributed by atoms with E-state index in [9.17, 15) is 8.42 Å². The van der Waals surface area contributed by atoms with Gasteiger partial charge in [0, 0.05) is 13.0 Å². The number of nitrogens with one attached hydrogen (secondary N) is 2. The number of nitrogens with two attached hydrogens (primary N) is 1. The second kappa shape index (κ2) is 8.01. The molecule has 0 aliphatic carbocycles. The number of hydrogen-bond donors (Lipinski definition) is 3. The van der Waals surface area contributed by atoms with Gasteiger partial charge in [-0.1, -0.05) is 25.5 Å². The lowest BCUT2D eigenvalue weighted by Crippen LogP contribution is -2.25. The van der Waals surface area contributed by atoms with E-state index in [2.05, 4.69) is 11.6 Å². The molecule has 0 spiro atoms. The molecule has 0 bridgehead atoms. The van der Waals surface area contributed by atoms with Gasteiger partial charge in [0.1, 0.15) is 0 Å². The summed E-state index contributed by atoms with van der Waals surface area (Å²) in [5.41, 5.74) is 6.38. The first kappa shape index (κ1) is 16.7. The number of aryl methyl sites for hydroxylation is 1. The fourth-order valence-electron chi connectivity index (χ4n) is 1.85. The van der Waals surface area contributed by atoms with Crippen LogP contribution in [0.4, 0.5) is 0 Å².